The number of aliphatic carboxylic acids is 1. The first kappa shape index (κ1) is 13.7. The van der Waals surface area contributed by atoms with Gasteiger partial charge in [-0.15, -0.1) is 11.3 Å². The van der Waals surface area contributed by atoms with Crippen molar-refractivity contribution >= 4 is 23.2 Å². The number of hydrogen-bond donors (Lipinski definition) is 1. The van der Waals surface area contributed by atoms with Crippen LogP contribution in [0.15, 0.2) is 17.5 Å². The molecule has 0 unspecified atom stereocenters. The quantitative estimate of drug-likeness (QED) is 0.875. The Kier molecular flexibility index (Phi) is 4.28. The number of rotatable bonds is 5. The van der Waals surface area contributed by atoms with Crippen molar-refractivity contribution in [3.63, 3.8) is 0 Å². The van der Waals surface area contributed by atoms with Gasteiger partial charge in [0.05, 0.1) is 6.42 Å². The number of hydrogen-bond acceptors (Lipinski definition) is 3. The Morgan fingerprint density at radius 3 is 2.53 bits per heavy atom. The van der Waals surface area contributed by atoms with Gasteiger partial charge < -0.3 is 10.0 Å². The van der Waals surface area contributed by atoms with E-state index in [0.717, 1.165) is 4.88 Å². The summed E-state index contributed by atoms with van der Waals surface area (Å²) in [5, 5.41) is 11.0. The minimum absolute atomic E-state index is 0.151. The summed E-state index contributed by atoms with van der Waals surface area (Å²) in [5.41, 5.74) is -1.16. The van der Waals surface area contributed by atoms with E-state index in [1.165, 1.54) is 16.2 Å². The molecule has 0 spiro atoms. The highest BCUT2D eigenvalue weighted by atomic mass is 32.1. The third-order valence-corrected chi connectivity index (χ3v) is 3.60. The predicted molar refractivity (Wildman–Crippen MR) is 67.1 cm³/mol. The molecule has 1 heterocycles. The lowest BCUT2D eigenvalue weighted by atomic mass is 10.0. The van der Waals surface area contributed by atoms with Crippen LogP contribution < -0.4 is 0 Å². The van der Waals surface area contributed by atoms with Crippen molar-refractivity contribution in [1.29, 1.82) is 0 Å². The second kappa shape index (κ2) is 5.31. The minimum atomic E-state index is -1.16. The van der Waals surface area contributed by atoms with Gasteiger partial charge >= 0.3 is 5.97 Å². The lowest BCUT2D eigenvalue weighted by Crippen LogP contribution is -2.53. The molecule has 1 amide bonds. The number of thiophene rings is 1. The van der Waals surface area contributed by atoms with E-state index in [1.807, 2.05) is 17.5 Å². The van der Waals surface area contributed by atoms with Gasteiger partial charge in [0.25, 0.3) is 0 Å². The minimum Gasteiger partial charge on any atom is -0.480 e. The standard InChI is InChI=1S/C12H17NO3S/c1-4-13(12(2,3)11(15)16)10(14)8-9-6-5-7-17-9/h5-7H,4,8H2,1-3H3,(H,15,16). The molecular weight excluding hydrogens is 238 g/mol. The number of carbonyl (C=O) groups is 2. The first-order valence-corrected chi connectivity index (χ1v) is 6.33. The molecule has 0 atom stereocenters. The third kappa shape index (κ3) is 3.06. The van der Waals surface area contributed by atoms with Gasteiger partial charge in [0.1, 0.15) is 5.54 Å². The molecule has 0 bridgehead atoms. The molecule has 1 rings (SSSR count). The maximum Gasteiger partial charge on any atom is 0.329 e. The van der Waals surface area contributed by atoms with Crippen LogP contribution >= 0.6 is 11.3 Å². The van der Waals surface area contributed by atoms with Gasteiger partial charge in [0, 0.05) is 11.4 Å². The van der Waals surface area contributed by atoms with Gasteiger partial charge in [0.2, 0.25) is 5.91 Å². The van der Waals surface area contributed by atoms with Crippen LogP contribution in [0, 0.1) is 0 Å². The second-order valence-corrected chi connectivity index (χ2v) is 5.29. The van der Waals surface area contributed by atoms with Crippen molar-refractivity contribution < 1.29 is 14.7 Å². The molecule has 1 aromatic heterocycles. The number of carbonyl (C=O) groups excluding carboxylic acids is 1. The summed E-state index contributed by atoms with van der Waals surface area (Å²) in [6.45, 7) is 5.27. The van der Waals surface area contributed by atoms with Crippen LogP contribution in [0.5, 0.6) is 0 Å². The number of nitrogens with zero attached hydrogens (tertiary/aromatic N) is 1. The van der Waals surface area contributed by atoms with Crippen LogP contribution in [0.4, 0.5) is 0 Å². The van der Waals surface area contributed by atoms with Crippen molar-refractivity contribution in [1.82, 2.24) is 4.90 Å². The van der Waals surface area contributed by atoms with Gasteiger partial charge in [-0.1, -0.05) is 6.07 Å². The van der Waals surface area contributed by atoms with E-state index >= 15 is 0 Å². The molecule has 0 radical (unpaired) electrons. The van der Waals surface area contributed by atoms with E-state index in [9.17, 15) is 9.59 Å². The molecule has 0 aromatic carbocycles. The average molecular weight is 255 g/mol. The fourth-order valence-corrected chi connectivity index (χ4v) is 2.35. The van der Waals surface area contributed by atoms with Gasteiger partial charge in [-0.3, -0.25) is 4.79 Å². The highest BCUT2D eigenvalue weighted by molar-refractivity contribution is 7.10. The topological polar surface area (TPSA) is 57.6 Å². The number of amides is 1. The van der Waals surface area contributed by atoms with Crippen molar-refractivity contribution in [2.24, 2.45) is 0 Å². The molecule has 94 valence electrons. The molecule has 0 saturated heterocycles. The Balaban J connectivity index is 2.81. The van der Waals surface area contributed by atoms with E-state index in [-0.39, 0.29) is 12.3 Å². The van der Waals surface area contributed by atoms with Crippen molar-refractivity contribution in [2.45, 2.75) is 32.7 Å². The number of carboxylic acids is 1. The zero-order valence-corrected chi connectivity index (χ0v) is 11.1. The van der Waals surface area contributed by atoms with Crippen LogP contribution in [0.3, 0.4) is 0 Å². The molecule has 0 saturated carbocycles. The monoisotopic (exact) mass is 255 g/mol. The fraction of sp³-hybridized carbons (Fsp3) is 0.500. The zero-order valence-electron chi connectivity index (χ0n) is 10.3. The number of carboxylic acid groups (broad SMARTS) is 1. The Labute approximate surface area is 105 Å². The largest absolute Gasteiger partial charge is 0.480 e. The highest BCUT2D eigenvalue weighted by Crippen LogP contribution is 2.18. The molecule has 4 nitrogen and oxygen atoms in total. The fourth-order valence-electron chi connectivity index (χ4n) is 1.66. The van der Waals surface area contributed by atoms with Gasteiger partial charge in [-0.2, -0.15) is 0 Å². The molecule has 1 aromatic rings. The van der Waals surface area contributed by atoms with Gasteiger partial charge in [-0.25, -0.2) is 4.79 Å². The molecule has 0 fully saturated rings. The molecule has 0 aliphatic rings. The Hall–Kier alpha value is -1.36. The summed E-state index contributed by atoms with van der Waals surface area (Å²) < 4.78 is 0. The van der Waals surface area contributed by atoms with Gasteiger partial charge in [-0.05, 0) is 32.2 Å². The normalized spacial score (nSPS) is 11.2. The third-order valence-electron chi connectivity index (χ3n) is 2.72. The average Bonchev–Trinajstić information content (AvgIpc) is 2.70. The second-order valence-electron chi connectivity index (χ2n) is 4.26. The zero-order chi connectivity index (χ0) is 13.1. The van der Waals surface area contributed by atoms with Crippen molar-refractivity contribution in [3.8, 4) is 0 Å². The summed E-state index contributed by atoms with van der Waals surface area (Å²) in [6, 6.07) is 3.76. The summed E-state index contributed by atoms with van der Waals surface area (Å²) in [6.07, 6.45) is 0.266. The maximum absolute atomic E-state index is 12.1. The summed E-state index contributed by atoms with van der Waals surface area (Å²) in [4.78, 5) is 25.6. The summed E-state index contributed by atoms with van der Waals surface area (Å²) >= 11 is 1.50. The highest BCUT2D eigenvalue weighted by Gasteiger charge is 2.36. The predicted octanol–water partition coefficient (Wildman–Crippen LogP) is 2.00. The number of likely N-dealkylation sites (N-methyl/N-ethyl adjacent to an activating group) is 1. The SMILES string of the molecule is CCN(C(=O)Cc1cccs1)C(C)(C)C(=O)O. The first-order chi connectivity index (χ1) is 7.89. The van der Waals surface area contributed by atoms with E-state index in [1.54, 1.807) is 20.8 Å². The maximum atomic E-state index is 12.1. The molecule has 1 N–H and O–H groups in total. The van der Waals surface area contributed by atoms with Crippen LogP contribution in [-0.4, -0.2) is 34.0 Å². The van der Waals surface area contributed by atoms with Crippen LogP contribution in [0.1, 0.15) is 25.6 Å². The molecule has 0 aliphatic heterocycles. The van der Waals surface area contributed by atoms with E-state index in [4.69, 9.17) is 5.11 Å². The van der Waals surface area contributed by atoms with Crippen LogP contribution in [-0.2, 0) is 16.0 Å². The first-order valence-electron chi connectivity index (χ1n) is 5.45. The van der Waals surface area contributed by atoms with E-state index in [0.29, 0.717) is 6.54 Å². The molecule has 0 aliphatic carbocycles. The molecule has 5 heteroatoms. The Morgan fingerprint density at radius 1 is 1.47 bits per heavy atom. The lowest BCUT2D eigenvalue weighted by Gasteiger charge is -2.34. The smallest absolute Gasteiger partial charge is 0.329 e. The van der Waals surface area contributed by atoms with Crippen LogP contribution in [0.2, 0.25) is 0 Å². The summed E-state index contributed by atoms with van der Waals surface area (Å²) in [5.74, 6) is -1.14. The summed E-state index contributed by atoms with van der Waals surface area (Å²) in [7, 11) is 0. The van der Waals surface area contributed by atoms with Crippen molar-refractivity contribution in [3.05, 3.63) is 22.4 Å². The Bertz CT molecular complexity index is 398. The van der Waals surface area contributed by atoms with Crippen LogP contribution in [0.25, 0.3) is 0 Å². The van der Waals surface area contributed by atoms with Crippen molar-refractivity contribution in [2.75, 3.05) is 6.54 Å². The van der Waals surface area contributed by atoms with E-state index < -0.39 is 11.5 Å². The van der Waals surface area contributed by atoms with E-state index in [2.05, 4.69) is 0 Å². The molecular formula is C12H17NO3S. The Morgan fingerprint density at radius 2 is 2.12 bits per heavy atom. The lowest BCUT2D eigenvalue weighted by molar-refractivity contribution is -0.156. The van der Waals surface area contributed by atoms with Gasteiger partial charge in [0.15, 0.2) is 0 Å². The molecule has 17 heavy (non-hydrogen) atoms.